The highest BCUT2D eigenvalue weighted by Crippen LogP contribution is 2.47. The van der Waals surface area contributed by atoms with E-state index in [-0.39, 0.29) is 60.0 Å². The highest BCUT2D eigenvalue weighted by molar-refractivity contribution is 6.00. The lowest BCUT2D eigenvalue weighted by Crippen LogP contribution is -2.37. The van der Waals surface area contributed by atoms with Gasteiger partial charge in [0, 0.05) is 55.1 Å². The number of imidazole rings is 1. The monoisotopic (exact) mass is 566 g/mol. The van der Waals surface area contributed by atoms with Crippen molar-refractivity contribution in [3.63, 3.8) is 0 Å². The molecule has 4 heterocycles. The van der Waals surface area contributed by atoms with Crippen LogP contribution in [0.1, 0.15) is 53.1 Å². The molecule has 0 N–H and O–H groups in total. The topological polar surface area (TPSA) is 87.3 Å². The average Bonchev–Trinajstić information content (AvgIpc) is 3.51. The van der Waals surface area contributed by atoms with Crippen molar-refractivity contribution in [1.82, 2.24) is 29.2 Å². The van der Waals surface area contributed by atoms with Crippen molar-refractivity contribution < 1.29 is 27.4 Å². The summed E-state index contributed by atoms with van der Waals surface area (Å²) in [6.07, 6.45) is 5.20. The molecule has 214 valence electrons. The predicted octanol–water partition coefficient (Wildman–Crippen LogP) is 5.22. The van der Waals surface area contributed by atoms with Crippen LogP contribution in [0.3, 0.4) is 0 Å². The lowest BCUT2D eigenvalue weighted by Gasteiger charge is -2.30. The number of hydrogen-bond donors (Lipinski definition) is 0. The van der Waals surface area contributed by atoms with Crippen LogP contribution in [0, 0.1) is 5.92 Å². The first kappa shape index (κ1) is 26.9. The summed E-state index contributed by atoms with van der Waals surface area (Å²) >= 11 is 0. The molecular weight excluding hydrogens is 537 g/mol. The van der Waals surface area contributed by atoms with Crippen molar-refractivity contribution in [1.29, 1.82) is 0 Å². The number of amides is 1. The van der Waals surface area contributed by atoms with E-state index in [0.29, 0.717) is 23.6 Å². The maximum absolute atomic E-state index is 14.3. The molecule has 3 aromatic heterocycles. The van der Waals surface area contributed by atoms with Crippen molar-refractivity contribution in [2.75, 3.05) is 20.3 Å². The Morgan fingerprint density at radius 1 is 1.15 bits per heavy atom. The van der Waals surface area contributed by atoms with E-state index in [0.717, 1.165) is 12.8 Å². The van der Waals surface area contributed by atoms with Crippen molar-refractivity contribution in [3.05, 3.63) is 77.9 Å². The fraction of sp³-hybridized carbons (Fsp3) is 0.379. The molecule has 0 bridgehead atoms. The maximum atomic E-state index is 14.3. The number of carbonyl (C=O) groups excluding carboxylic acids is 1. The number of aryl methyl sites for hydroxylation is 1. The number of carbonyl (C=O) groups is 1. The molecule has 9 nitrogen and oxygen atoms in total. The number of methoxy groups -OCH3 is 1. The highest BCUT2D eigenvalue weighted by Gasteiger charge is 2.43. The number of pyridine rings is 1. The van der Waals surface area contributed by atoms with Crippen LogP contribution in [0.25, 0.3) is 11.1 Å². The molecule has 2 aliphatic rings. The zero-order valence-electron chi connectivity index (χ0n) is 22.6. The Kier molecular flexibility index (Phi) is 6.92. The van der Waals surface area contributed by atoms with E-state index in [2.05, 4.69) is 15.1 Å². The maximum Gasteiger partial charge on any atom is 0.435 e. The minimum Gasteiger partial charge on any atom is -0.497 e. The molecule has 1 atom stereocenters. The van der Waals surface area contributed by atoms with Crippen LogP contribution < -0.4 is 9.47 Å². The van der Waals surface area contributed by atoms with Crippen LogP contribution in [0.5, 0.6) is 11.5 Å². The highest BCUT2D eigenvalue weighted by atomic mass is 19.4. The van der Waals surface area contributed by atoms with Gasteiger partial charge in [0.25, 0.3) is 5.91 Å². The molecule has 12 heteroatoms. The van der Waals surface area contributed by atoms with E-state index in [9.17, 15) is 18.0 Å². The molecular formula is C29H29F3N6O3. The summed E-state index contributed by atoms with van der Waals surface area (Å²) in [5.74, 6) is 0.663. The predicted molar refractivity (Wildman–Crippen MR) is 142 cm³/mol. The SMILES string of the molecule is CCn1cc(-c2cc(Cn3ccnc3)cc3c2OCCN([C@H](c2cc(OC)ccn2)C2CC2)C3=O)c(C(F)(F)F)n1. The number of rotatable bonds is 8. The van der Waals surface area contributed by atoms with E-state index >= 15 is 0 Å². The van der Waals surface area contributed by atoms with Crippen LogP contribution in [0.4, 0.5) is 13.2 Å². The molecule has 1 fully saturated rings. The summed E-state index contributed by atoms with van der Waals surface area (Å²) < 4.78 is 57.1. The molecule has 0 spiro atoms. The summed E-state index contributed by atoms with van der Waals surface area (Å²) in [5.41, 5.74) is 0.591. The van der Waals surface area contributed by atoms with E-state index in [1.165, 1.54) is 10.9 Å². The van der Waals surface area contributed by atoms with Gasteiger partial charge in [0.15, 0.2) is 5.69 Å². The van der Waals surface area contributed by atoms with Gasteiger partial charge in [-0.25, -0.2) is 4.98 Å². The van der Waals surface area contributed by atoms with E-state index in [1.54, 1.807) is 66.6 Å². The number of benzene rings is 1. The molecule has 0 saturated heterocycles. The average molecular weight is 567 g/mol. The third-order valence-corrected chi connectivity index (χ3v) is 7.48. The molecule has 0 radical (unpaired) electrons. The van der Waals surface area contributed by atoms with Crippen LogP contribution in [-0.4, -0.2) is 55.4 Å². The van der Waals surface area contributed by atoms with Gasteiger partial charge in [0.2, 0.25) is 0 Å². The second-order valence-corrected chi connectivity index (χ2v) is 10.2. The van der Waals surface area contributed by atoms with Gasteiger partial charge in [-0.2, -0.15) is 18.3 Å². The van der Waals surface area contributed by atoms with E-state index in [4.69, 9.17) is 9.47 Å². The molecule has 41 heavy (non-hydrogen) atoms. The first-order valence-electron chi connectivity index (χ1n) is 13.5. The fourth-order valence-electron chi connectivity index (χ4n) is 5.43. The normalized spacial score (nSPS) is 16.2. The van der Waals surface area contributed by atoms with Gasteiger partial charge in [0.1, 0.15) is 18.1 Å². The molecule has 1 aliphatic heterocycles. The molecule has 1 aromatic carbocycles. The number of aromatic nitrogens is 5. The quantitative estimate of drug-likeness (QED) is 0.291. The van der Waals surface area contributed by atoms with E-state index in [1.807, 2.05) is 6.07 Å². The van der Waals surface area contributed by atoms with Crippen molar-refractivity contribution >= 4 is 5.91 Å². The summed E-state index contributed by atoms with van der Waals surface area (Å²) in [7, 11) is 1.58. The molecule has 1 saturated carbocycles. The van der Waals surface area contributed by atoms with Gasteiger partial charge in [-0.05, 0) is 49.4 Å². The third-order valence-electron chi connectivity index (χ3n) is 7.48. The van der Waals surface area contributed by atoms with Gasteiger partial charge in [0.05, 0.1) is 37.3 Å². The van der Waals surface area contributed by atoms with Gasteiger partial charge < -0.3 is 18.9 Å². The van der Waals surface area contributed by atoms with Crippen LogP contribution in [-0.2, 0) is 19.3 Å². The minimum absolute atomic E-state index is 0.114. The second-order valence-electron chi connectivity index (χ2n) is 10.2. The molecule has 4 aromatic rings. The lowest BCUT2D eigenvalue weighted by molar-refractivity contribution is -0.141. The van der Waals surface area contributed by atoms with Crippen LogP contribution in [0.2, 0.25) is 0 Å². The second kappa shape index (κ2) is 10.6. The first-order chi connectivity index (χ1) is 19.8. The number of fused-ring (bicyclic) bond motifs is 1. The van der Waals surface area contributed by atoms with Gasteiger partial charge in [-0.15, -0.1) is 0 Å². The minimum atomic E-state index is -4.70. The Morgan fingerprint density at radius 3 is 2.63 bits per heavy atom. The molecule has 1 aliphatic carbocycles. The zero-order chi connectivity index (χ0) is 28.7. The van der Waals surface area contributed by atoms with Crippen molar-refractivity contribution in [2.45, 2.75) is 45.1 Å². The van der Waals surface area contributed by atoms with E-state index < -0.39 is 11.9 Å². The number of nitrogens with zero attached hydrogens (tertiary/aromatic N) is 6. The summed E-state index contributed by atoms with van der Waals surface area (Å²) in [6.45, 7) is 2.65. The number of ether oxygens (including phenoxy) is 2. The Labute approximate surface area is 234 Å². The number of hydrogen-bond acceptors (Lipinski definition) is 6. The Morgan fingerprint density at radius 2 is 1.95 bits per heavy atom. The van der Waals surface area contributed by atoms with Gasteiger partial charge in [-0.1, -0.05) is 0 Å². The van der Waals surface area contributed by atoms with Gasteiger partial charge >= 0.3 is 6.18 Å². The lowest BCUT2D eigenvalue weighted by atomic mass is 9.96. The fourth-order valence-corrected chi connectivity index (χ4v) is 5.43. The Hall–Kier alpha value is -4.35. The summed E-state index contributed by atoms with van der Waals surface area (Å²) in [6, 6.07) is 6.62. The Balaban J connectivity index is 1.50. The third kappa shape index (κ3) is 5.25. The molecule has 1 amide bonds. The smallest absolute Gasteiger partial charge is 0.435 e. The summed E-state index contributed by atoms with van der Waals surface area (Å²) in [5, 5.41) is 3.81. The summed E-state index contributed by atoms with van der Waals surface area (Å²) in [4.78, 5) is 24.7. The molecule has 0 unspecified atom stereocenters. The van der Waals surface area contributed by atoms with Gasteiger partial charge in [-0.3, -0.25) is 14.5 Å². The molecule has 6 rings (SSSR count). The Bertz CT molecular complexity index is 1560. The zero-order valence-corrected chi connectivity index (χ0v) is 22.6. The first-order valence-corrected chi connectivity index (χ1v) is 13.5. The standard InChI is InChI=1S/C29H29F3N6O3/c1-3-37-16-23(27(35-37)29(30,31)32)21-12-18(15-36-9-8-33-17-36)13-22-26(21)41-11-10-38(28(22)39)25(19-4-5-19)24-14-20(40-2)6-7-34-24/h6-9,12-14,16-17,19,25H,3-5,10-11,15H2,1-2H3/t25-/m0/s1. The largest absolute Gasteiger partial charge is 0.497 e. The van der Waals surface area contributed by atoms with Crippen molar-refractivity contribution in [3.8, 4) is 22.6 Å². The van der Waals surface area contributed by atoms with Crippen molar-refractivity contribution in [2.24, 2.45) is 5.92 Å². The van der Waals surface area contributed by atoms with Crippen LogP contribution >= 0.6 is 0 Å². The number of halogens is 3. The van der Waals surface area contributed by atoms with Crippen LogP contribution in [0.15, 0.2) is 55.4 Å². The number of alkyl halides is 3.